The second kappa shape index (κ2) is 9.19. The number of quaternary nitrogens is 1. The van der Waals surface area contributed by atoms with Gasteiger partial charge in [0.25, 0.3) is 0 Å². The molecule has 0 radical (unpaired) electrons. The zero-order valence-corrected chi connectivity index (χ0v) is 16.3. The molecule has 0 aliphatic carbocycles. The minimum Gasteiger partial charge on any atom is -1.00 e. The SMILES string of the molecule is CC(=O)N[C@H]1CCN2CCC[C@H]12.CC(=O)N[C@H]1CC[NH+]2CCC[C@H]12.[Cl-]. The third-order valence-corrected chi connectivity index (χ3v) is 6.18. The van der Waals surface area contributed by atoms with Crippen LogP contribution in [0, 0.1) is 0 Å². The number of halogens is 1. The minimum absolute atomic E-state index is 0. The van der Waals surface area contributed by atoms with Crippen molar-refractivity contribution in [2.45, 2.75) is 76.5 Å². The Bertz CT molecular complexity index is 434. The van der Waals surface area contributed by atoms with E-state index in [1.165, 1.54) is 58.3 Å². The molecule has 0 spiro atoms. The van der Waals surface area contributed by atoms with Crippen LogP contribution in [0.15, 0.2) is 0 Å². The highest BCUT2D eigenvalue weighted by Crippen LogP contribution is 2.27. The van der Waals surface area contributed by atoms with Gasteiger partial charge in [0.2, 0.25) is 11.8 Å². The first-order chi connectivity index (χ1) is 11.5. The molecular weight excluding hydrogens is 340 g/mol. The summed E-state index contributed by atoms with van der Waals surface area (Å²) in [6.45, 7) is 8.22. The molecule has 3 N–H and O–H groups in total. The van der Waals surface area contributed by atoms with Crippen LogP contribution in [0.4, 0.5) is 0 Å². The molecule has 4 fully saturated rings. The summed E-state index contributed by atoms with van der Waals surface area (Å²) in [5.41, 5.74) is 0. The first-order valence-corrected chi connectivity index (χ1v) is 9.67. The molecular formula is C18H33ClN4O2. The zero-order chi connectivity index (χ0) is 17.1. The lowest BCUT2D eigenvalue weighted by Crippen LogP contribution is -3.12. The Morgan fingerprint density at radius 1 is 0.880 bits per heavy atom. The Balaban J connectivity index is 0.000000173. The Morgan fingerprint density at radius 3 is 2.32 bits per heavy atom. The molecule has 6 nitrogen and oxygen atoms in total. The van der Waals surface area contributed by atoms with Gasteiger partial charge in [0, 0.05) is 51.7 Å². The summed E-state index contributed by atoms with van der Waals surface area (Å²) in [4.78, 5) is 25.9. The predicted molar refractivity (Wildman–Crippen MR) is 92.8 cm³/mol. The number of fused-ring (bicyclic) bond motifs is 2. The third-order valence-electron chi connectivity index (χ3n) is 6.18. The maximum atomic E-state index is 10.9. The molecule has 25 heavy (non-hydrogen) atoms. The summed E-state index contributed by atoms with van der Waals surface area (Å²) < 4.78 is 0. The van der Waals surface area contributed by atoms with Crippen LogP contribution in [-0.4, -0.2) is 67.1 Å². The monoisotopic (exact) mass is 372 g/mol. The van der Waals surface area contributed by atoms with Crippen LogP contribution in [0.1, 0.15) is 52.4 Å². The lowest BCUT2D eigenvalue weighted by Gasteiger charge is -2.20. The van der Waals surface area contributed by atoms with Crippen LogP contribution in [0.25, 0.3) is 0 Å². The van der Waals surface area contributed by atoms with E-state index in [0.717, 1.165) is 12.5 Å². The van der Waals surface area contributed by atoms with E-state index >= 15 is 0 Å². The molecule has 0 saturated carbocycles. The highest BCUT2D eigenvalue weighted by Gasteiger charge is 2.41. The number of hydrogen-bond acceptors (Lipinski definition) is 3. The number of amides is 2. The number of nitrogens with one attached hydrogen (secondary N) is 3. The second-order valence-electron chi connectivity index (χ2n) is 7.84. The quantitative estimate of drug-likeness (QED) is 0.467. The van der Waals surface area contributed by atoms with Gasteiger partial charge >= 0.3 is 0 Å². The summed E-state index contributed by atoms with van der Waals surface area (Å²) in [6, 6.07) is 2.28. The van der Waals surface area contributed by atoms with Gasteiger partial charge in [0.15, 0.2) is 0 Å². The molecule has 5 atom stereocenters. The average molecular weight is 373 g/mol. The van der Waals surface area contributed by atoms with Gasteiger partial charge in [0.05, 0.1) is 19.1 Å². The maximum Gasteiger partial charge on any atom is 0.217 e. The third kappa shape index (κ3) is 5.08. The fourth-order valence-corrected chi connectivity index (χ4v) is 5.22. The Hall–Kier alpha value is -0.850. The summed E-state index contributed by atoms with van der Waals surface area (Å²) in [5, 5.41) is 6.09. The highest BCUT2D eigenvalue weighted by atomic mass is 35.5. The van der Waals surface area contributed by atoms with Crippen molar-refractivity contribution >= 4 is 11.8 Å². The number of carbonyl (C=O) groups is 2. The van der Waals surface area contributed by atoms with Crippen molar-refractivity contribution in [2.24, 2.45) is 0 Å². The summed E-state index contributed by atoms with van der Waals surface area (Å²) >= 11 is 0. The first kappa shape index (κ1) is 20.5. The van der Waals surface area contributed by atoms with Crippen LogP contribution in [-0.2, 0) is 9.59 Å². The fourth-order valence-electron chi connectivity index (χ4n) is 5.22. The highest BCUT2D eigenvalue weighted by molar-refractivity contribution is 5.73. The standard InChI is InChI=1S/2C9H16N2O.ClH/c2*1-7(12)10-8-4-6-11-5-2-3-9(8)11;/h2*8-9H,2-6H2,1H3,(H,10,12);1H/t2*8-,9+;/m00./s1. The van der Waals surface area contributed by atoms with Crippen molar-refractivity contribution in [3.63, 3.8) is 0 Å². The van der Waals surface area contributed by atoms with Gasteiger partial charge in [-0.05, 0) is 25.8 Å². The van der Waals surface area contributed by atoms with E-state index in [-0.39, 0.29) is 24.2 Å². The zero-order valence-electron chi connectivity index (χ0n) is 15.5. The van der Waals surface area contributed by atoms with E-state index in [9.17, 15) is 9.59 Å². The van der Waals surface area contributed by atoms with Crippen LogP contribution < -0.4 is 27.9 Å². The van der Waals surface area contributed by atoms with Crippen molar-refractivity contribution in [1.29, 1.82) is 0 Å². The van der Waals surface area contributed by atoms with Gasteiger partial charge < -0.3 is 27.9 Å². The molecule has 4 aliphatic rings. The van der Waals surface area contributed by atoms with E-state index in [1.54, 1.807) is 18.7 Å². The van der Waals surface area contributed by atoms with Gasteiger partial charge in [-0.1, -0.05) is 0 Å². The Labute approximate surface area is 157 Å². The number of rotatable bonds is 2. The van der Waals surface area contributed by atoms with E-state index in [4.69, 9.17) is 0 Å². The molecule has 0 aromatic carbocycles. The smallest absolute Gasteiger partial charge is 0.217 e. The van der Waals surface area contributed by atoms with Crippen LogP contribution in [0.2, 0.25) is 0 Å². The van der Waals surface area contributed by atoms with Crippen LogP contribution in [0.5, 0.6) is 0 Å². The van der Waals surface area contributed by atoms with E-state index in [2.05, 4.69) is 15.5 Å². The van der Waals surface area contributed by atoms with Gasteiger partial charge in [-0.3, -0.25) is 14.5 Å². The van der Waals surface area contributed by atoms with E-state index < -0.39 is 0 Å². The molecule has 4 heterocycles. The normalized spacial score (nSPS) is 35.8. The van der Waals surface area contributed by atoms with E-state index in [0.29, 0.717) is 18.1 Å². The first-order valence-electron chi connectivity index (χ1n) is 9.67. The molecule has 0 aromatic rings. The Morgan fingerprint density at radius 2 is 1.60 bits per heavy atom. The molecule has 144 valence electrons. The molecule has 4 saturated heterocycles. The molecule has 0 bridgehead atoms. The van der Waals surface area contributed by atoms with Crippen molar-refractivity contribution in [3.8, 4) is 0 Å². The molecule has 1 unspecified atom stereocenters. The van der Waals surface area contributed by atoms with Crippen LogP contribution >= 0.6 is 0 Å². The van der Waals surface area contributed by atoms with Gasteiger partial charge in [0.1, 0.15) is 6.04 Å². The number of carbonyl (C=O) groups excluding carboxylic acids is 2. The van der Waals surface area contributed by atoms with Crippen molar-refractivity contribution in [3.05, 3.63) is 0 Å². The summed E-state index contributed by atoms with van der Waals surface area (Å²) in [6.07, 6.45) is 7.55. The van der Waals surface area contributed by atoms with Crippen molar-refractivity contribution < 1.29 is 26.9 Å². The average Bonchev–Trinajstić information content (AvgIpc) is 3.23. The van der Waals surface area contributed by atoms with Crippen LogP contribution in [0.3, 0.4) is 0 Å². The lowest BCUT2D eigenvalue weighted by molar-refractivity contribution is -0.899. The van der Waals surface area contributed by atoms with Gasteiger partial charge in [-0.2, -0.15) is 0 Å². The topological polar surface area (TPSA) is 65.9 Å². The molecule has 4 rings (SSSR count). The Kier molecular flexibility index (Phi) is 7.52. The number of hydrogen-bond donors (Lipinski definition) is 3. The van der Waals surface area contributed by atoms with E-state index in [1.807, 2.05) is 0 Å². The number of nitrogens with zero attached hydrogens (tertiary/aromatic N) is 1. The predicted octanol–water partition coefficient (Wildman–Crippen LogP) is -3.69. The molecule has 2 amide bonds. The fraction of sp³-hybridized carbons (Fsp3) is 0.889. The summed E-state index contributed by atoms with van der Waals surface area (Å²) in [5.74, 6) is 0.252. The molecule has 0 aromatic heterocycles. The van der Waals surface area contributed by atoms with Crippen molar-refractivity contribution in [1.82, 2.24) is 15.5 Å². The maximum absolute atomic E-state index is 10.9. The van der Waals surface area contributed by atoms with Crippen molar-refractivity contribution in [2.75, 3.05) is 26.2 Å². The molecule has 4 aliphatic heterocycles. The minimum atomic E-state index is 0. The second-order valence-corrected chi connectivity index (χ2v) is 7.84. The van der Waals surface area contributed by atoms with Gasteiger partial charge in [-0.15, -0.1) is 0 Å². The van der Waals surface area contributed by atoms with Gasteiger partial charge in [-0.25, -0.2) is 0 Å². The molecule has 7 heteroatoms. The largest absolute Gasteiger partial charge is 1.00 e. The summed E-state index contributed by atoms with van der Waals surface area (Å²) in [7, 11) is 0. The lowest BCUT2D eigenvalue weighted by atomic mass is 10.1.